The number of hydrogen-bond donors (Lipinski definition) is 1. The van der Waals surface area contributed by atoms with Crippen molar-refractivity contribution in [2.75, 3.05) is 32.8 Å². The molecule has 2 aromatic rings. The van der Waals surface area contributed by atoms with Gasteiger partial charge in [-0.1, -0.05) is 0 Å². The van der Waals surface area contributed by atoms with E-state index in [-0.39, 0.29) is 23.7 Å². The summed E-state index contributed by atoms with van der Waals surface area (Å²) in [5.41, 5.74) is -0.127. The SMILES string of the molecule is COCCOc1cc([N+](=O)[O-])c(C(=O)Nc2ccc3c(c2)OC2(CCCC2)O3)cc1OC. The molecule has 0 saturated heterocycles. The van der Waals surface area contributed by atoms with Gasteiger partial charge in [0.2, 0.25) is 0 Å². The van der Waals surface area contributed by atoms with Crippen molar-refractivity contribution in [2.45, 2.75) is 31.5 Å². The lowest BCUT2D eigenvalue weighted by Crippen LogP contribution is -2.34. The van der Waals surface area contributed by atoms with E-state index in [0.717, 1.165) is 25.7 Å². The number of methoxy groups -OCH3 is 2. The van der Waals surface area contributed by atoms with E-state index in [0.29, 0.717) is 23.8 Å². The van der Waals surface area contributed by atoms with Gasteiger partial charge < -0.3 is 29.0 Å². The first kappa shape index (κ1) is 21.7. The van der Waals surface area contributed by atoms with Crippen LogP contribution < -0.4 is 24.3 Å². The summed E-state index contributed by atoms with van der Waals surface area (Å²) in [5, 5.41) is 14.3. The Morgan fingerprint density at radius 1 is 1.09 bits per heavy atom. The van der Waals surface area contributed by atoms with Crippen LogP contribution in [0.1, 0.15) is 36.0 Å². The molecule has 170 valence electrons. The maximum atomic E-state index is 12.9. The van der Waals surface area contributed by atoms with E-state index in [1.165, 1.54) is 26.4 Å². The fourth-order valence-electron chi connectivity index (χ4n) is 3.88. The molecule has 1 aliphatic heterocycles. The van der Waals surface area contributed by atoms with Crippen LogP contribution in [0.3, 0.4) is 0 Å². The van der Waals surface area contributed by atoms with Crippen molar-refractivity contribution < 1.29 is 33.4 Å². The first-order chi connectivity index (χ1) is 15.4. The van der Waals surface area contributed by atoms with Gasteiger partial charge in [-0.25, -0.2) is 0 Å². The summed E-state index contributed by atoms with van der Waals surface area (Å²) < 4.78 is 27.7. The summed E-state index contributed by atoms with van der Waals surface area (Å²) in [7, 11) is 2.91. The summed E-state index contributed by atoms with van der Waals surface area (Å²) >= 11 is 0. The van der Waals surface area contributed by atoms with Crippen molar-refractivity contribution in [2.24, 2.45) is 0 Å². The van der Waals surface area contributed by atoms with Gasteiger partial charge in [-0.05, 0) is 25.0 Å². The fourth-order valence-corrected chi connectivity index (χ4v) is 3.88. The van der Waals surface area contributed by atoms with Crippen molar-refractivity contribution >= 4 is 17.3 Å². The average Bonchev–Trinajstić information content (AvgIpc) is 3.38. The summed E-state index contributed by atoms with van der Waals surface area (Å²) in [6.07, 6.45) is 3.70. The van der Waals surface area contributed by atoms with Gasteiger partial charge >= 0.3 is 0 Å². The Balaban J connectivity index is 1.56. The van der Waals surface area contributed by atoms with E-state index in [4.69, 9.17) is 23.7 Å². The molecule has 1 amide bonds. The van der Waals surface area contributed by atoms with E-state index < -0.39 is 22.3 Å². The molecule has 1 aliphatic carbocycles. The minimum absolute atomic E-state index is 0.151. The smallest absolute Gasteiger partial charge is 0.286 e. The molecule has 1 N–H and O–H groups in total. The van der Waals surface area contributed by atoms with Gasteiger partial charge in [-0.15, -0.1) is 0 Å². The van der Waals surface area contributed by atoms with Gasteiger partial charge in [-0.3, -0.25) is 14.9 Å². The van der Waals surface area contributed by atoms with Crippen LogP contribution in [-0.4, -0.2) is 44.1 Å². The molecule has 10 nitrogen and oxygen atoms in total. The minimum atomic E-state index is -0.659. The number of amides is 1. The second-order valence-corrected chi connectivity index (χ2v) is 7.56. The molecule has 32 heavy (non-hydrogen) atoms. The second kappa shape index (κ2) is 8.91. The van der Waals surface area contributed by atoms with Gasteiger partial charge in [0.15, 0.2) is 23.0 Å². The third kappa shape index (κ3) is 4.26. The van der Waals surface area contributed by atoms with E-state index in [1.54, 1.807) is 18.2 Å². The molecule has 1 spiro atoms. The molecule has 0 radical (unpaired) electrons. The van der Waals surface area contributed by atoms with Gasteiger partial charge in [0.1, 0.15) is 12.2 Å². The Bertz CT molecular complexity index is 1030. The molecule has 0 bridgehead atoms. The first-order valence-corrected chi connectivity index (χ1v) is 10.3. The third-order valence-electron chi connectivity index (χ3n) is 5.43. The molecule has 10 heteroatoms. The van der Waals surface area contributed by atoms with Crippen LogP contribution in [0.5, 0.6) is 23.0 Å². The van der Waals surface area contributed by atoms with Crippen LogP contribution in [0.2, 0.25) is 0 Å². The highest BCUT2D eigenvalue weighted by Gasteiger charge is 2.44. The lowest BCUT2D eigenvalue weighted by atomic mass is 10.1. The van der Waals surface area contributed by atoms with Crippen LogP contribution >= 0.6 is 0 Å². The van der Waals surface area contributed by atoms with E-state index in [2.05, 4.69) is 5.32 Å². The molecule has 1 heterocycles. The van der Waals surface area contributed by atoms with Crippen LogP contribution in [0, 0.1) is 10.1 Å². The minimum Gasteiger partial charge on any atom is -0.493 e. The highest BCUT2D eigenvalue weighted by Crippen LogP contribution is 2.47. The zero-order valence-electron chi connectivity index (χ0n) is 17.8. The normalized spacial score (nSPS) is 15.6. The highest BCUT2D eigenvalue weighted by atomic mass is 16.7. The standard InChI is InChI=1S/C22H24N2O8/c1-28-9-10-30-19-13-16(24(26)27)15(12-18(19)29-2)21(25)23-14-5-6-17-20(11-14)32-22(31-17)7-3-4-8-22/h5-6,11-13H,3-4,7-10H2,1-2H3,(H,23,25). The Morgan fingerprint density at radius 3 is 2.53 bits per heavy atom. The molecule has 4 rings (SSSR count). The van der Waals surface area contributed by atoms with Crippen LogP contribution in [0.15, 0.2) is 30.3 Å². The van der Waals surface area contributed by atoms with E-state index in [1.807, 2.05) is 0 Å². The van der Waals surface area contributed by atoms with E-state index >= 15 is 0 Å². The van der Waals surface area contributed by atoms with Gasteiger partial charge in [0.05, 0.1) is 24.7 Å². The molecular weight excluding hydrogens is 420 g/mol. The number of nitrogens with one attached hydrogen (secondary N) is 1. The molecule has 0 aromatic heterocycles. The molecular formula is C22H24N2O8. The Morgan fingerprint density at radius 2 is 1.84 bits per heavy atom. The summed E-state index contributed by atoms with van der Waals surface area (Å²) in [5.74, 6) is 0.237. The third-order valence-corrected chi connectivity index (χ3v) is 5.43. The number of nitrogens with zero attached hydrogens (tertiary/aromatic N) is 1. The number of carbonyl (C=O) groups excluding carboxylic acids is 1. The number of hydrogen-bond acceptors (Lipinski definition) is 8. The number of nitro benzene ring substituents is 1. The predicted octanol–water partition coefficient (Wildman–Crippen LogP) is 3.92. The first-order valence-electron chi connectivity index (χ1n) is 10.3. The summed E-state index contributed by atoms with van der Waals surface area (Å²) in [6, 6.07) is 7.51. The number of ether oxygens (including phenoxy) is 5. The maximum absolute atomic E-state index is 12.9. The topological polar surface area (TPSA) is 118 Å². The molecule has 2 aromatic carbocycles. The number of carbonyl (C=O) groups is 1. The molecule has 1 saturated carbocycles. The monoisotopic (exact) mass is 444 g/mol. The zero-order valence-corrected chi connectivity index (χ0v) is 17.8. The predicted molar refractivity (Wildman–Crippen MR) is 114 cm³/mol. The number of anilines is 1. The number of benzene rings is 2. The van der Waals surface area contributed by atoms with Gasteiger partial charge in [0, 0.05) is 37.8 Å². The fraction of sp³-hybridized carbons (Fsp3) is 0.409. The highest BCUT2D eigenvalue weighted by molar-refractivity contribution is 6.07. The number of fused-ring (bicyclic) bond motifs is 1. The summed E-state index contributed by atoms with van der Waals surface area (Å²) in [4.78, 5) is 23.9. The Kier molecular flexibility index (Phi) is 6.04. The lowest BCUT2D eigenvalue weighted by molar-refractivity contribution is -0.385. The second-order valence-electron chi connectivity index (χ2n) is 7.56. The van der Waals surface area contributed by atoms with Gasteiger partial charge in [0.25, 0.3) is 17.4 Å². The molecule has 0 unspecified atom stereocenters. The van der Waals surface area contributed by atoms with Crippen molar-refractivity contribution in [1.29, 1.82) is 0 Å². The summed E-state index contributed by atoms with van der Waals surface area (Å²) in [6.45, 7) is 0.471. The number of nitro groups is 1. The Hall–Kier alpha value is -3.53. The quantitative estimate of drug-likeness (QED) is 0.370. The molecule has 2 aliphatic rings. The average molecular weight is 444 g/mol. The maximum Gasteiger partial charge on any atom is 0.286 e. The van der Waals surface area contributed by atoms with Crippen molar-refractivity contribution in [3.05, 3.63) is 46.0 Å². The van der Waals surface area contributed by atoms with Crippen molar-refractivity contribution in [3.63, 3.8) is 0 Å². The van der Waals surface area contributed by atoms with Crippen LogP contribution in [0.25, 0.3) is 0 Å². The van der Waals surface area contributed by atoms with Crippen molar-refractivity contribution in [1.82, 2.24) is 0 Å². The zero-order chi connectivity index (χ0) is 22.7. The van der Waals surface area contributed by atoms with Crippen LogP contribution in [-0.2, 0) is 4.74 Å². The number of rotatable bonds is 8. The van der Waals surface area contributed by atoms with E-state index in [9.17, 15) is 14.9 Å². The van der Waals surface area contributed by atoms with Crippen molar-refractivity contribution in [3.8, 4) is 23.0 Å². The van der Waals surface area contributed by atoms with Crippen LogP contribution in [0.4, 0.5) is 11.4 Å². The Labute approximate surface area is 184 Å². The van der Waals surface area contributed by atoms with Gasteiger partial charge in [-0.2, -0.15) is 0 Å². The molecule has 1 fully saturated rings. The lowest BCUT2D eigenvalue weighted by Gasteiger charge is -2.21. The molecule has 0 atom stereocenters. The largest absolute Gasteiger partial charge is 0.493 e.